The van der Waals surface area contributed by atoms with Crippen molar-refractivity contribution < 1.29 is 9.53 Å². The molecule has 4 nitrogen and oxygen atoms in total. The van der Waals surface area contributed by atoms with Gasteiger partial charge in [0.15, 0.2) is 0 Å². The molecule has 0 bridgehead atoms. The Morgan fingerprint density at radius 3 is 2.36 bits per heavy atom. The summed E-state index contributed by atoms with van der Waals surface area (Å²) < 4.78 is 4.45. The van der Waals surface area contributed by atoms with Gasteiger partial charge in [-0.3, -0.25) is 0 Å². The Morgan fingerprint density at radius 2 is 2.09 bits per heavy atom. The predicted molar refractivity (Wildman–Crippen MR) is 42.8 cm³/mol. The second-order valence-corrected chi connectivity index (χ2v) is 2.20. The minimum atomic E-state index is -0.358. The second-order valence-electron chi connectivity index (χ2n) is 2.20. The van der Waals surface area contributed by atoms with Gasteiger partial charge in [-0.05, 0) is 0 Å². The molecule has 0 saturated carbocycles. The van der Waals surface area contributed by atoms with E-state index in [-0.39, 0.29) is 5.97 Å². The van der Waals surface area contributed by atoms with Crippen molar-refractivity contribution in [2.75, 3.05) is 28.3 Å². The Kier molecular flexibility index (Phi) is 4.10. The predicted octanol–water partition coefficient (Wildman–Crippen LogP) is -0.218. The molecule has 1 N–H and O–H groups in total. The molecule has 0 heterocycles. The van der Waals surface area contributed by atoms with Crippen LogP contribution in [0.15, 0.2) is 11.9 Å². The van der Waals surface area contributed by atoms with Crippen LogP contribution in [0.3, 0.4) is 0 Å². The second kappa shape index (κ2) is 4.60. The molecule has 0 atom stereocenters. The molecule has 0 spiro atoms. The van der Waals surface area contributed by atoms with Crippen LogP contribution in [0.2, 0.25) is 0 Å². The molecule has 64 valence electrons. The lowest BCUT2D eigenvalue weighted by Gasteiger charge is -2.15. The highest BCUT2D eigenvalue weighted by Crippen LogP contribution is 1.92. The van der Waals surface area contributed by atoms with E-state index in [9.17, 15) is 4.79 Å². The van der Waals surface area contributed by atoms with E-state index < -0.39 is 0 Å². The fourth-order valence-electron chi connectivity index (χ4n) is 0.595. The van der Waals surface area contributed by atoms with E-state index in [1.807, 2.05) is 14.1 Å². The lowest BCUT2D eigenvalue weighted by molar-refractivity contribution is -0.135. The Labute approximate surface area is 66.8 Å². The molecule has 0 aromatic rings. The molecule has 11 heavy (non-hydrogen) atoms. The van der Waals surface area contributed by atoms with Gasteiger partial charge >= 0.3 is 5.97 Å². The minimum absolute atomic E-state index is 0.358. The SMILES string of the molecule is CN/C(=C/C(=O)OC)N(C)C. The summed E-state index contributed by atoms with van der Waals surface area (Å²) in [5, 5.41) is 2.85. The number of carbonyl (C=O) groups is 1. The zero-order chi connectivity index (χ0) is 8.85. The van der Waals surface area contributed by atoms with Gasteiger partial charge < -0.3 is 15.0 Å². The summed E-state index contributed by atoms with van der Waals surface area (Å²) in [6.45, 7) is 0. The van der Waals surface area contributed by atoms with Crippen LogP contribution in [0.4, 0.5) is 0 Å². The van der Waals surface area contributed by atoms with Crippen molar-refractivity contribution in [1.82, 2.24) is 10.2 Å². The molecule has 0 aliphatic carbocycles. The summed E-state index contributed by atoms with van der Waals surface area (Å²) in [5.74, 6) is 0.361. The van der Waals surface area contributed by atoms with Crippen molar-refractivity contribution in [3.63, 3.8) is 0 Å². The molecule has 0 aliphatic rings. The number of hydrogen-bond acceptors (Lipinski definition) is 4. The van der Waals surface area contributed by atoms with Gasteiger partial charge in [-0.15, -0.1) is 0 Å². The molecular weight excluding hydrogens is 144 g/mol. The number of esters is 1. The van der Waals surface area contributed by atoms with Crippen LogP contribution in [0.25, 0.3) is 0 Å². The van der Waals surface area contributed by atoms with Crippen molar-refractivity contribution >= 4 is 5.97 Å². The molecule has 0 aromatic carbocycles. The summed E-state index contributed by atoms with van der Waals surface area (Å²) in [4.78, 5) is 12.5. The largest absolute Gasteiger partial charge is 0.466 e. The Morgan fingerprint density at radius 1 is 1.55 bits per heavy atom. The Bertz CT molecular complexity index is 164. The molecule has 4 heteroatoms. The monoisotopic (exact) mass is 158 g/mol. The zero-order valence-electron chi connectivity index (χ0n) is 7.34. The van der Waals surface area contributed by atoms with Crippen molar-refractivity contribution in [3.05, 3.63) is 11.9 Å². The van der Waals surface area contributed by atoms with E-state index >= 15 is 0 Å². The average Bonchev–Trinajstić information content (AvgIpc) is 1.99. The van der Waals surface area contributed by atoms with E-state index in [0.29, 0.717) is 0 Å². The zero-order valence-corrected chi connectivity index (χ0v) is 7.34. The highest BCUT2D eigenvalue weighted by molar-refractivity contribution is 5.82. The maximum Gasteiger partial charge on any atom is 0.334 e. The van der Waals surface area contributed by atoms with Crippen LogP contribution in [-0.4, -0.2) is 39.1 Å². The molecule has 0 fully saturated rings. The molecule has 0 saturated heterocycles. The van der Waals surface area contributed by atoms with Crippen molar-refractivity contribution in [2.24, 2.45) is 0 Å². The number of nitrogens with one attached hydrogen (secondary N) is 1. The third kappa shape index (κ3) is 3.50. The Balaban J connectivity index is 4.23. The molecule has 0 aliphatic heterocycles. The standard InChI is InChI=1S/C7H14N2O2/c1-8-6(9(2)3)5-7(10)11-4/h5,8H,1-4H3/b6-5-. The van der Waals surface area contributed by atoms with Gasteiger partial charge in [-0.2, -0.15) is 0 Å². The molecule has 0 radical (unpaired) electrons. The van der Waals surface area contributed by atoms with Crippen LogP contribution in [0, 0.1) is 0 Å². The van der Waals surface area contributed by atoms with Crippen LogP contribution in [0.1, 0.15) is 0 Å². The van der Waals surface area contributed by atoms with Crippen LogP contribution < -0.4 is 5.32 Å². The van der Waals surface area contributed by atoms with Gasteiger partial charge in [0, 0.05) is 21.1 Å². The summed E-state index contributed by atoms with van der Waals surface area (Å²) in [7, 11) is 6.77. The first kappa shape index (κ1) is 9.81. The number of rotatable bonds is 3. The first-order valence-corrected chi connectivity index (χ1v) is 3.26. The smallest absolute Gasteiger partial charge is 0.334 e. The quantitative estimate of drug-likeness (QED) is 0.455. The number of ether oxygens (including phenoxy) is 1. The fourth-order valence-corrected chi connectivity index (χ4v) is 0.595. The average molecular weight is 158 g/mol. The van der Waals surface area contributed by atoms with Gasteiger partial charge in [0.2, 0.25) is 0 Å². The normalized spacial score (nSPS) is 10.7. The van der Waals surface area contributed by atoms with E-state index in [0.717, 1.165) is 5.82 Å². The number of carbonyl (C=O) groups excluding carboxylic acids is 1. The van der Waals surface area contributed by atoms with Gasteiger partial charge in [0.25, 0.3) is 0 Å². The lowest BCUT2D eigenvalue weighted by atomic mass is 10.5. The minimum Gasteiger partial charge on any atom is -0.466 e. The highest BCUT2D eigenvalue weighted by Gasteiger charge is 2.00. The topological polar surface area (TPSA) is 41.6 Å². The third-order valence-corrected chi connectivity index (χ3v) is 1.19. The van der Waals surface area contributed by atoms with E-state index in [2.05, 4.69) is 10.1 Å². The maximum absolute atomic E-state index is 10.7. The lowest BCUT2D eigenvalue weighted by Crippen LogP contribution is -2.23. The van der Waals surface area contributed by atoms with Gasteiger partial charge in [0.05, 0.1) is 13.2 Å². The third-order valence-electron chi connectivity index (χ3n) is 1.19. The van der Waals surface area contributed by atoms with Crippen molar-refractivity contribution in [2.45, 2.75) is 0 Å². The van der Waals surface area contributed by atoms with Crippen LogP contribution in [0.5, 0.6) is 0 Å². The number of nitrogens with zero attached hydrogens (tertiary/aromatic N) is 1. The van der Waals surface area contributed by atoms with Gasteiger partial charge in [0.1, 0.15) is 5.82 Å². The van der Waals surface area contributed by atoms with Crippen molar-refractivity contribution in [1.29, 1.82) is 0 Å². The van der Waals surface area contributed by atoms with Crippen molar-refractivity contribution in [3.8, 4) is 0 Å². The van der Waals surface area contributed by atoms with E-state index in [4.69, 9.17) is 0 Å². The van der Waals surface area contributed by atoms with Gasteiger partial charge in [-0.25, -0.2) is 4.79 Å². The first-order chi connectivity index (χ1) is 5.11. The van der Waals surface area contributed by atoms with Crippen LogP contribution in [-0.2, 0) is 9.53 Å². The van der Waals surface area contributed by atoms with E-state index in [1.54, 1.807) is 11.9 Å². The number of methoxy groups -OCH3 is 1. The Hall–Kier alpha value is -1.19. The molecule has 0 rings (SSSR count). The first-order valence-electron chi connectivity index (χ1n) is 3.26. The number of hydrogen-bond donors (Lipinski definition) is 1. The maximum atomic E-state index is 10.7. The summed E-state index contributed by atoms with van der Waals surface area (Å²) >= 11 is 0. The fraction of sp³-hybridized carbons (Fsp3) is 0.571. The van der Waals surface area contributed by atoms with E-state index in [1.165, 1.54) is 13.2 Å². The molecule has 0 unspecified atom stereocenters. The highest BCUT2D eigenvalue weighted by atomic mass is 16.5. The molecular formula is C7H14N2O2. The summed E-state index contributed by atoms with van der Waals surface area (Å²) in [5.41, 5.74) is 0. The molecule has 0 aromatic heterocycles. The summed E-state index contributed by atoms with van der Waals surface area (Å²) in [6.07, 6.45) is 1.39. The van der Waals surface area contributed by atoms with Crippen LogP contribution >= 0.6 is 0 Å². The summed E-state index contributed by atoms with van der Waals surface area (Å²) in [6, 6.07) is 0. The molecule has 0 amide bonds. The van der Waals surface area contributed by atoms with Gasteiger partial charge in [-0.1, -0.05) is 0 Å².